The fourth-order valence-electron chi connectivity index (χ4n) is 1.96. The summed E-state index contributed by atoms with van der Waals surface area (Å²) in [6.45, 7) is 17.1. The SMILES string of the molecule is C=C/C=C\C(=C/C=C)N(C(/C=C\C=N/C)=C/C)C(/C=C\C=C)=C/C=C. The summed E-state index contributed by atoms with van der Waals surface area (Å²) in [6, 6.07) is 0. The van der Waals surface area contributed by atoms with Gasteiger partial charge in [-0.1, -0.05) is 68.8 Å². The third-order valence-electron chi connectivity index (χ3n) is 2.96. The van der Waals surface area contributed by atoms with Crippen LogP contribution in [0.3, 0.4) is 0 Å². The average molecular weight is 332 g/mol. The molecule has 0 spiro atoms. The standard InChI is InChI=1S/C23H28N2/c1-7-12-17-22(15-9-3)25(21(11-5)19-14-20-24-6)23(16-10-4)18-13-8-2/h7-20H,1-4H2,5-6H3/b17-12-,18-13-,19-14-,21-11+,22-15+,23-16+,24-20-. The smallest absolute Gasteiger partial charge is 0.0461 e. The molecule has 0 aromatic rings. The Morgan fingerprint density at radius 3 is 1.56 bits per heavy atom. The lowest BCUT2D eigenvalue weighted by Crippen LogP contribution is -2.19. The normalized spacial score (nSPS) is 13.9. The largest absolute Gasteiger partial charge is 0.311 e. The number of aliphatic imine (C=N–C) groups is 1. The van der Waals surface area contributed by atoms with Crippen LogP contribution in [0.5, 0.6) is 0 Å². The molecule has 0 amide bonds. The van der Waals surface area contributed by atoms with E-state index in [9.17, 15) is 0 Å². The van der Waals surface area contributed by atoms with E-state index in [1.807, 2.05) is 61.6 Å². The second-order valence-electron chi connectivity index (χ2n) is 4.66. The second-order valence-corrected chi connectivity index (χ2v) is 4.66. The summed E-state index contributed by atoms with van der Waals surface area (Å²) >= 11 is 0. The Morgan fingerprint density at radius 2 is 1.20 bits per heavy atom. The summed E-state index contributed by atoms with van der Waals surface area (Å²) in [5, 5.41) is 0. The van der Waals surface area contributed by atoms with Crippen molar-refractivity contribution in [3.63, 3.8) is 0 Å². The average Bonchev–Trinajstić information content (AvgIpc) is 2.62. The molecule has 0 saturated carbocycles. The minimum Gasteiger partial charge on any atom is -0.311 e. The Balaban J connectivity index is 6.42. The molecular weight excluding hydrogens is 304 g/mol. The van der Waals surface area contributed by atoms with Gasteiger partial charge >= 0.3 is 0 Å². The number of hydrogen-bond acceptors (Lipinski definition) is 2. The third kappa shape index (κ3) is 8.33. The number of allylic oxidation sites excluding steroid dienone is 13. The van der Waals surface area contributed by atoms with Crippen LogP contribution in [0.1, 0.15) is 6.92 Å². The predicted octanol–water partition coefficient (Wildman–Crippen LogP) is 6.07. The van der Waals surface area contributed by atoms with Crippen molar-refractivity contribution in [1.82, 2.24) is 4.90 Å². The molecule has 0 saturated heterocycles. The van der Waals surface area contributed by atoms with Crippen LogP contribution in [0.25, 0.3) is 0 Å². The molecule has 0 aliphatic rings. The van der Waals surface area contributed by atoms with E-state index in [-0.39, 0.29) is 0 Å². The Hall–Kier alpha value is -3.13. The van der Waals surface area contributed by atoms with Crippen LogP contribution < -0.4 is 0 Å². The van der Waals surface area contributed by atoms with Crippen LogP contribution in [0.15, 0.2) is 127 Å². The summed E-state index contributed by atoms with van der Waals surface area (Å²) in [7, 11) is 1.74. The lowest BCUT2D eigenvalue weighted by atomic mass is 10.2. The molecule has 0 aliphatic carbocycles. The molecule has 0 rings (SSSR count). The van der Waals surface area contributed by atoms with E-state index in [0.29, 0.717) is 0 Å². The minimum absolute atomic E-state index is 0.933. The van der Waals surface area contributed by atoms with Gasteiger partial charge < -0.3 is 4.90 Å². The Morgan fingerprint density at radius 1 is 0.720 bits per heavy atom. The summed E-state index contributed by atoms with van der Waals surface area (Å²) in [4.78, 5) is 6.08. The van der Waals surface area contributed by atoms with Gasteiger partial charge in [-0.2, -0.15) is 0 Å². The molecule has 0 aliphatic heterocycles. The fraction of sp³-hybridized carbons (Fsp3) is 0.0870. The highest BCUT2D eigenvalue weighted by molar-refractivity contribution is 5.71. The minimum atomic E-state index is 0.933. The Kier molecular flexibility index (Phi) is 12.7. The molecule has 25 heavy (non-hydrogen) atoms. The van der Waals surface area contributed by atoms with Gasteiger partial charge in [-0.25, -0.2) is 0 Å². The molecule has 0 radical (unpaired) electrons. The highest BCUT2D eigenvalue weighted by Gasteiger charge is 2.13. The zero-order valence-corrected chi connectivity index (χ0v) is 15.3. The van der Waals surface area contributed by atoms with E-state index in [1.54, 1.807) is 37.6 Å². The van der Waals surface area contributed by atoms with Crippen LogP contribution in [-0.2, 0) is 0 Å². The van der Waals surface area contributed by atoms with Crippen LogP contribution in [0, 0.1) is 0 Å². The van der Waals surface area contributed by atoms with E-state index < -0.39 is 0 Å². The first kappa shape index (κ1) is 21.9. The molecular formula is C23H28N2. The molecule has 0 atom stereocenters. The van der Waals surface area contributed by atoms with Gasteiger partial charge in [-0.05, 0) is 43.4 Å². The number of rotatable bonds is 11. The van der Waals surface area contributed by atoms with Gasteiger partial charge in [0.1, 0.15) is 0 Å². The first-order valence-electron chi connectivity index (χ1n) is 7.99. The van der Waals surface area contributed by atoms with Crippen LogP contribution in [-0.4, -0.2) is 18.2 Å². The van der Waals surface area contributed by atoms with Gasteiger partial charge in [0.05, 0.1) is 0 Å². The van der Waals surface area contributed by atoms with E-state index >= 15 is 0 Å². The molecule has 0 fully saturated rings. The lowest BCUT2D eigenvalue weighted by Gasteiger charge is -2.28. The first-order valence-corrected chi connectivity index (χ1v) is 7.99. The van der Waals surface area contributed by atoms with Gasteiger partial charge in [0.25, 0.3) is 0 Å². The van der Waals surface area contributed by atoms with Crippen molar-refractivity contribution in [3.8, 4) is 0 Å². The van der Waals surface area contributed by atoms with E-state index in [2.05, 4.69) is 36.2 Å². The van der Waals surface area contributed by atoms with Crippen molar-refractivity contribution in [2.45, 2.75) is 6.92 Å². The van der Waals surface area contributed by atoms with Crippen molar-refractivity contribution < 1.29 is 0 Å². The molecule has 2 nitrogen and oxygen atoms in total. The highest BCUT2D eigenvalue weighted by atomic mass is 15.2. The molecule has 0 aromatic heterocycles. The fourth-order valence-corrected chi connectivity index (χ4v) is 1.96. The molecule has 0 heterocycles. The van der Waals surface area contributed by atoms with E-state index in [0.717, 1.165) is 17.1 Å². The Bertz CT molecular complexity index is 622. The molecule has 0 unspecified atom stereocenters. The monoisotopic (exact) mass is 332 g/mol. The summed E-state index contributed by atoms with van der Waals surface area (Å²) in [5.74, 6) is 0. The van der Waals surface area contributed by atoms with Gasteiger partial charge in [0, 0.05) is 30.4 Å². The molecule has 0 bridgehead atoms. The van der Waals surface area contributed by atoms with Crippen molar-refractivity contribution in [3.05, 3.63) is 122 Å². The molecule has 0 aromatic carbocycles. The van der Waals surface area contributed by atoms with Crippen molar-refractivity contribution in [2.75, 3.05) is 7.05 Å². The maximum atomic E-state index is 3.99. The van der Waals surface area contributed by atoms with E-state index in [1.165, 1.54) is 0 Å². The van der Waals surface area contributed by atoms with Crippen molar-refractivity contribution in [1.29, 1.82) is 0 Å². The highest BCUT2D eigenvalue weighted by Crippen LogP contribution is 2.24. The molecule has 0 N–H and O–H groups in total. The lowest BCUT2D eigenvalue weighted by molar-refractivity contribution is 0.577. The number of hydrogen-bond donors (Lipinski definition) is 0. The summed E-state index contributed by atoms with van der Waals surface area (Å²) in [6.07, 6.45) is 26.2. The van der Waals surface area contributed by atoms with Gasteiger partial charge in [-0.15, -0.1) is 0 Å². The third-order valence-corrected chi connectivity index (χ3v) is 2.96. The zero-order chi connectivity index (χ0) is 18.9. The van der Waals surface area contributed by atoms with E-state index in [4.69, 9.17) is 0 Å². The quantitative estimate of drug-likeness (QED) is 0.331. The topological polar surface area (TPSA) is 15.6 Å². The maximum Gasteiger partial charge on any atom is 0.0461 e. The maximum absolute atomic E-state index is 3.99. The first-order chi connectivity index (χ1) is 12.2. The Labute approximate surface area is 153 Å². The van der Waals surface area contributed by atoms with Gasteiger partial charge in [0.15, 0.2) is 0 Å². The van der Waals surface area contributed by atoms with Gasteiger partial charge in [0.2, 0.25) is 0 Å². The summed E-state index contributed by atoms with van der Waals surface area (Å²) < 4.78 is 0. The predicted molar refractivity (Wildman–Crippen MR) is 114 cm³/mol. The van der Waals surface area contributed by atoms with Crippen molar-refractivity contribution in [2.24, 2.45) is 4.99 Å². The molecule has 130 valence electrons. The van der Waals surface area contributed by atoms with Crippen LogP contribution in [0.4, 0.5) is 0 Å². The molecule has 2 heteroatoms. The van der Waals surface area contributed by atoms with Crippen molar-refractivity contribution >= 4 is 6.21 Å². The van der Waals surface area contributed by atoms with Crippen LogP contribution >= 0.6 is 0 Å². The zero-order valence-electron chi connectivity index (χ0n) is 15.3. The van der Waals surface area contributed by atoms with Crippen LogP contribution in [0.2, 0.25) is 0 Å². The summed E-state index contributed by atoms with van der Waals surface area (Å²) in [5.41, 5.74) is 2.84. The second kappa shape index (κ2) is 14.5. The number of nitrogens with zero attached hydrogens (tertiary/aromatic N) is 2. The van der Waals surface area contributed by atoms with Gasteiger partial charge in [-0.3, -0.25) is 4.99 Å².